The molecule has 1 aliphatic heterocycles. The van der Waals surface area contributed by atoms with Gasteiger partial charge in [-0.05, 0) is 5.56 Å². The molecule has 2 rings (SSSR count). The second-order valence-corrected chi connectivity index (χ2v) is 4.95. The number of nitrogens with zero attached hydrogens (tertiary/aromatic N) is 2. The van der Waals surface area contributed by atoms with Crippen molar-refractivity contribution in [3.63, 3.8) is 0 Å². The van der Waals surface area contributed by atoms with Crippen LogP contribution in [0.2, 0.25) is 0 Å². The highest BCUT2D eigenvalue weighted by atomic mass is 35.5. The summed E-state index contributed by atoms with van der Waals surface area (Å²) in [6.45, 7) is 6.24. The van der Waals surface area contributed by atoms with E-state index in [1.807, 2.05) is 0 Å². The Balaban J connectivity index is 0.00000180. The molecule has 1 heterocycles. The Kier molecular flexibility index (Phi) is 7.34. The second-order valence-electron chi connectivity index (χ2n) is 4.95. The zero-order valence-electron chi connectivity index (χ0n) is 11.2. The number of hydrogen-bond donors (Lipinski definition) is 2. The van der Waals surface area contributed by atoms with Gasteiger partial charge < -0.3 is 10.8 Å². The summed E-state index contributed by atoms with van der Waals surface area (Å²) in [4.78, 5) is 4.75. The molecule has 0 aromatic heterocycles. The number of aliphatic hydroxyl groups excluding tert-OH is 1. The molecular formula is C14H24ClN3O. The Labute approximate surface area is 121 Å². The number of aliphatic hydroxyl groups is 1. The van der Waals surface area contributed by atoms with Crippen LogP contribution in [-0.4, -0.2) is 60.3 Å². The highest BCUT2D eigenvalue weighted by molar-refractivity contribution is 5.85. The van der Waals surface area contributed by atoms with E-state index in [1.54, 1.807) is 0 Å². The maximum absolute atomic E-state index is 9.53. The van der Waals surface area contributed by atoms with Gasteiger partial charge in [0.15, 0.2) is 0 Å². The summed E-state index contributed by atoms with van der Waals surface area (Å²) >= 11 is 0. The number of hydrogen-bond acceptors (Lipinski definition) is 4. The summed E-state index contributed by atoms with van der Waals surface area (Å²) in [7, 11) is 0. The van der Waals surface area contributed by atoms with Gasteiger partial charge >= 0.3 is 0 Å². The van der Waals surface area contributed by atoms with Crippen LogP contribution in [-0.2, 0) is 6.54 Å². The van der Waals surface area contributed by atoms with Gasteiger partial charge in [0.05, 0.1) is 6.10 Å². The lowest BCUT2D eigenvalue weighted by Gasteiger charge is -2.35. The Morgan fingerprint density at radius 3 is 2.21 bits per heavy atom. The third-order valence-corrected chi connectivity index (χ3v) is 3.45. The molecule has 0 radical (unpaired) electrons. The van der Waals surface area contributed by atoms with Crippen LogP contribution < -0.4 is 5.73 Å². The number of nitrogens with two attached hydrogens (primary N) is 1. The summed E-state index contributed by atoms with van der Waals surface area (Å²) in [5, 5.41) is 9.53. The molecule has 1 aliphatic rings. The molecule has 19 heavy (non-hydrogen) atoms. The third-order valence-electron chi connectivity index (χ3n) is 3.45. The van der Waals surface area contributed by atoms with Crippen LogP contribution in [0.3, 0.4) is 0 Å². The van der Waals surface area contributed by atoms with E-state index < -0.39 is 0 Å². The van der Waals surface area contributed by atoms with E-state index in [1.165, 1.54) is 5.56 Å². The zero-order valence-corrected chi connectivity index (χ0v) is 12.1. The minimum atomic E-state index is -0.384. The molecule has 1 atom stereocenters. The maximum Gasteiger partial charge on any atom is 0.0789 e. The molecule has 1 unspecified atom stereocenters. The van der Waals surface area contributed by atoms with Gasteiger partial charge in [0.1, 0.15) is 0 Å². The van der Waals surface area contributed by atoms with E-state index in [4.69, 9.17) is 5.73 Å². The highest BCUT2D eigenvalue weighted by Gasteiger charge is 2.18. The summed E-state index contributed by atoms with van der Waals surface area (Å²) in [6, 6.07) is 10.6. The molecule has 108 valence electrons. The Morgan fingerprint density at radius 2 is 1.63 bits per heavy atom. The number of β-amino-alcohol motifs (C(OH)–C–C–N with tert-alkyl or cyclic N) is 1. The van der Waals surface area contributed by atoms with Crippen LogP contribution in [0.4, 0.5) is 0 Å². The Hall–Kier alpha value is -0.650. The lowest BCUT2D eigenvalue weighted by Crippen LogP contribution is -2.49. The zero-order chi connectivity index (χ0) is 12.8. The third kappa shape index (κ3) is 5.47. The van der Waals surface area contributed by atoms with Crippen molar-refractivity contribution in [2.24, 2.45) is 5.73 Å². The number of benzene rings is 1. The van der Waals surface area contributed by atoms with Gasteiger partial charge in [0.25, 0.3) is 0 Å². The fourth-order valence-electron chi connectivity index (χ4n) is 2.34. The first-order valence-corrected chi connectivity index (χ1v) is 6.64. The van der Waals surface area contributed by atoms with E-state index in [-0.39, 0.29) is 18.5 Å². The number of piperazine rings is 1. The maximum atomic E-state index is 9.53. The van der Waals surface area contributed by atoms with Crippen molar-refractivity contribution in [1.82, 2.24) is 9.80 Å². The van der Waals surface area contributed by atoms with Crippen LogP contribution in [0.15, 0.2) is 30.3 Å². The Bertz CT molecular complexity index is 342. The average molecular weight is 286 g/mol. The van der Waals surface area contributed by atoms with E-state index in [0.29, 0.717) is 13.1 Å². The van der Waals surface area contributed by atoms with Gasteiger partial charge in [-0.3, -0.25) is 9.80 Å². The van der Waals surface area contributed by atoms with Crippen molar-refractivity contribution in [2.75, 3.05) is 39.3 Å². The van der Waals surface area contributed by atoms with Gasteiger partial charge in [-0.15, -0.1) is 12.4 Å². The standard InChI is InChI=1S/C14H23N3O.ClH/c15-10-14(18)12-17-8-6-16(7-9-17)11-13-4-2-1-3-5-13;/h1-5,14,18H,6-12,15H2;1H. The molecule has 3 N–H and O–H groups in total. The van der Waals surface area contributed by atoms with Crippen molar-refractivity contribution >= 4 is 12.4 Å². The van der Waals surface area contributed by atoms with Gasteiger partial charge in [0, 0.05) is 45.8 Å². The monoisotopic (exact) mass is 285 g/mol. The van der Waals surface area contributed by atoms with Crippen molar-refractivity contribution in [1.29, 1.82) is 0 Å². The molecular weight excluding hydrogens is 262 g/mol. The predicted molar refractivity (Wildman–Crippen MR) is 80.5 cm³/mol. The molecule has 5 heteroatoms. The van der Waals surface area contributed by atoms with Crippen molar-refractivity contribution in [2.45, 2.75) is 12.6 Å². The topological polar surface area (TPSA) is 52.7 Å². The summed E-state index contributed by atoms with van der Waals surface area (Å²) in [6.07, 6.45) is -0.384. The molecule has 0 aliphatic carbocycles. The molecule has 0 saturated carbocycles. The predicted octanol–water partition coefficient (Wildman–Crippen LogP) is 0.546. The fraction of sp³-hybridized carbons (Fsp3) is 0.571. The van der Waals surface area contributed by atoms with Crippen molar-refractivity contribution in [3.05, 3.63) is 35.9 Å². The van der Waals surface area contributed by atoms with Crippen LogP contribution in [0.25, 0.3) is 0 Å². The molecule has 1 saturated heterocycles. The summed E-state index contributed by atoms with van der Waals surface area (Å²) < 4.78 is 0. The van der Waals surface area contributed by atoms with E-state index in [2.05, 4.69) is 40.1 Å². The number of halogens is 1. The first kappa shape index (κ1) is 16.4. The summed E-state index contributed by atoms with van der Waals surface area (Å²) in [5.41, 5.74) is 6.80. The smallest absolute Gasteiger partial charge is 0.0789 e. The lowest BCUT2D eigenvalue weighted by molar-refractivity contribution is 0.0739. The quantitative estimate of drug-likeness (QED) is 0.829. The minimum absolute atomic E-state index is 0. The van der Waals surface area contributed by atoms with E-state index >= 15 is 0 Å². The molecule has 0 amide bonds. The first-order chi connectivity index (χ1) is 8.78. The molecule has 1 fully saturated rings. The van der Waals surface area contributed by atoms with Crippen LogP contribution in [0, 0.1) is 0 Å². The second kappa shape index (κ2) is 8.51. The molecule has 4 nitrogen and oxygen atoms in total. The van der Waals surface area contributed by atoms with Gasteiger partial charge in [0.2, 0.25) is 0 Å². The highest BCUT2D eigenvalue weighted by Crippen LogP contribution is 2.08. The summed E-state index contributed by atoms with van der Waals surface area (Å²) in [5.74, 6) is 0. The Morgan fingerprint density at radius 1 is 1.05 bits per heavy atom. The molecule has 0 bridgehead atoms. The minimum Gasteiger partial charge on any atom is -0.390 e. The van der Waals surface area contributed by atoms with Crippen LogP contribution in [0.5, 0.6) is 0 Å². The van der Waals surface area contributed by atoms with Crippen molar-refractivity contribution in [3.8, 4) is 0 Å². The fourth-order valence-corrected chi connectivity index (χ4v) is 2.34. The van der Waals surface area contributed by atoms with Crippen molar-refractivity contribution < 1.29 is 5.11 Å². The van der Waals surface area contributed by atoms with Crippen LogP contribution in [0.1, 0.15) is 5.56 Å². The van der Waals surface area contributed by atoms with Gasteiger partial charge in [-0.25, -0.2) is 0 Å². The molecule has 1 aromatic carbocycles. The average Bonchev–Trinajstić information content (AvgIpc) is 2.42. The normalized spacial score (nSPS) is 18.8. The van der Waals surface area contributed by atoms with Crippen LogP contribution >= 0.6 is 12.4 Å². The SMILES string of the molecule is Cl.NCC(O)CN1CCN(Cc2ccccc2)CC1. The van der Waals surface area contributed by atoms with Gasteiger partial charge in [-0.2, -0.15) is 0 Å². The molecule has 0 spiro atoms. The van der Waals surface area contributed by atoms with E-state index in [0.717, 1.165) is 32.7 Å². The molecule has 1 aromatic rings. The largest absolute Gasteiger partial charge is 0.390 e. The first-order valence-electron chi connectivity index (χ1n) is 6.64. The van der Waals surface area contributed by atoms with Gasteiger partial charge in [-0.1, -0.05) is 30.3 Å². The van der Waals surface area contributed by atoms with E-state index in [9.17, 15) is 5.11 Å². The number of rotatable bonds is 5. The lowest BCUT2D eigenvalue weighted by atomic mass is 10.2.